The van der Waals surface area contributed by atoms with E-state index in [4.69, 9.17) is 0 Å². The minimum absolute atomic E-state index is 0.346. The first-order valence-electron chi connectivity index (χ1n) is 6.44. The Labute approximate surface area is 93.9 Å². The van der Waals surface area contributed by atoms with Gasteiger partial charge in [-0.05, 0) is 37.7 Å². The lowest BCUT2D eigenvalue weighted by molar-refractivity contribution is -0.115. The van der Waals surface area contributed by atoms with E-state index in [9.17, 15) is 4.79 Å². The van der Waals surface area contributed by atoms with Crippen LogP contribution in [0, 0.1) is 5.92 Å². The molecule has 0 radical (unpaired) electrons. The van der Waals surface area contributed by atoms with Crippen molar-refractivity contribution in [2.24, 2.45) is 5.92 Å². The molecule has 0 aromatic heterocycles. The summed E-state index contributed by atoms with van der Waals surface area (Å²) in [7, 11) is 0. The van der Waals surface area contributed by atoms with Crippen molar-refractivity contribution in [3.05, 3.63) is 11.6 Å². The van der Waals surface area contributed by atoms with Crippen LogP contribution in [0.2, 0.25) is 0 Å². The Bertz CT molecular complexity index is 227. The number of ketones is 1. The number of carbonyl (C=O) groups is 1. The number of hydrogen-bond acceptors (Lipinski definition) is 1. The molecule has 1 atom stereocenters. The van der Waals surface area contributed by atoms with Crippen molar-refractivity contribution in [1.29, 1.82) is 0 Å². The molecule has 0 saturated heterocycles. The van der Waals surface area contributed by atoms with Gasteiger partial charge >= 0.3 is 0 Å². The van der Waals surface area contributed by atoms with Crippen molar-refractivity contribution >= 4 is 5.78 Å². The van der Waals surface area contributed by atoms with Crippen LogP contribution >= 0.6 is 0 Å². The fourth-order valence-electron chi connectivity index (χ4n) is 2.11. The van der Waals surface area contributed by atoms with Gasteiger partial charge in [-0.3, -0.25) is 4.79 Å². The maximum Gasteiger partial charge on any atom is 0.155 e. The van der Waals surface area contributed by atoms with Gasteiger partial charge in [0.1, 0.15) is 0 Å². The molecule has 0 saturated carbocycles. The molecular weight excluding hydrogens is 184 g/mol. The molecule has 0 aliphatic heterocycles. The van der Waals surface area contributed by atoms with Gasteiger partial charge in [0, 0.05) is 6.42 Å². The van der Waals surface area contributed by atoms with Crippen molar-refractivity contribution in [2.75, 3.05) is 0 Å². The van der Waals surface area contributed by atoms with Crippen LogP contribution in [-0.4, -0.2) is 5.78 Å². The SMILES string of the molecule is CCC(C)CCCCC1=CC(=O)CCC1. The third-order valence-electron chi connectivity index (χ3n) is 3.43. The van der Waals surface area contributed by atoms with Crippen LogP contribution in [0.25, 0.3) is 0 Å². The van der Waals surface area contributed by atoms with Crippen molar-refractivity contribution in [3.63, 3.8) is 0 Å². The fourth-order valence-corrected chi connectivity index (χ4v) is 2.11. The summed E-state index contributed by atoms with van der Waals surface area (Å²) in [6.45, 7) is 4.58. The Balaban J connectivity index is 2.12. The second-order valence-electron chi connectivity index (χ2n) is 4.88. The monoisotopic (exact) mass is 208 g/mol. The van der Waals surface area contributed by atoms with E-state index in [1.807, 2.05) is 6.08 Å². The second-order valence-corrected chi connectivity index (χ2v) is 4.88. The molecule has 1 heteroatoms. The Kier molecular flexibility index (Phi) is 5.67. The topological polar surface area (TPSA) is 17.1 Å². The number of allylic oxidation sites excluding steroid dienone is 2. The van der Waals surface area contributed by atoms with E-state index in [2.05, 4.69) is 13.8 Å². The molecule has 15 heavy (non-hydrogen) atoms. The summed E-state index contributed by atoms with van der Waals surface area (Å²) in [6.07, 6.45) is 11.3. The molecule has 1 nitrogen and oxygen atoms in total. The van der Waals surface area contributed by atoms with Crippen molar-refractivity contribution in [1.82, 2.24) is 0 Å². The highest BCUT2D eigenvalue weighted by Crippen LogP contribution is 2.21. The van der Waals surface area contributed by atoms with E-state index in [1.165, 1.54) is 31.3 Å². The van der Waals surface area contributed by atoms with E-state index >= 15 is 0 Å². The van der Waals surface area contributed by atoms with Crippen LogP contribution in [0.5, 0.6) is 0 Å². The van der Waals surface area contributed by atoms with Crippen LogP contribution in [0.1, 0.15) is 65.2 Å². The van der Waals surface area contributed by atoms with Gasteiger partial charge in [0.2, 0.25) is 0 Å². The molecule has 0 N–H and O–H groups in total. The lowest BCUT2D eigenvalue weighted by atomic mass is 9.93. The number of hydrogen-bond donors (Lipinski definition) is 0. The molecule has 0 fully saturated rings. The van der Waals surface area contributed by atoms with Crippen LogP contribution in [-0.2, 0) is 4.79 Å². The predicted octanol–water partition coefficient (Wildman–Crippen LogP) is 4.27. The zero-order valence-electron chi connectivity index (χ0n) is 10.2. The molecule has 1 aliphatic rings. The maximum atomic E-state index is 11.2. The van der Waals surface area contributed by atoms with Crippen LogP contribution in [0.4, 0.5) is 0 Å². The van der Waals surface area contributed by atoms with Gasteiger partial charge < -0.3 is 0 Å². The number of rotatable bonds is 6. The molecule has 0 spiro atoms. The first kappa shape index (κ1) is 12.5. The molecule has 0 amide bonds. The molecule has 0 aromatic carbocycles. The van der Waals surface area contributed by atoms with Gasteiger partial charge in [-0.1, -0.05) is 38.7 Å². The minimum Gasteiger partial charge on any atom is -0.295 e. The Hall–Kier alpha value is -0.590. The molecule has 86 valence electrons. The van der Waals surface area contributed by atoms with Crippen LogP contribution in [0.15, 0.2) is 11.6 Å². The van der Waals surface area contributed by atoms with Crippen molar-refractivity contribution in [2.45, 2.75) is 65.2 Å². The lowest BCUT2D eigenvalue weighted by Crippen LogP contribution is -2.02. The first-order chi connectivity index (χ1) is 7.22. The third kappa shape index (κ3) is 5.15. The molecule has 0 aromatic rings. The molecule has 1 rings (SSSR count). The Morgan fingerprint density at radius 2 is 2.13 bits per heavy atom. The Morgan fingerprint density at radius 1 is 1.33 bits per heavy atom. The quantitative estimate of drug-likeness (QED) is 0.596. The Morgan fingerprint density at radius 3 is 2.80 bits per heavy atom. The predicted molar refractivity (Wildman–Crippen MR) is 64.9 cm³/mol. The molecule has 1 aliphatic carbocycles. The summed E-state index contributed by atoms with van der Waals surface area (Å²) in [4.78, 5) is 11.2. The smallest absolute Gasteiger partial charge is 0.155 e. The van der Waals surface area contributed by atoms with Gasteiger partial charge in [0.05, 0.1) is 0 Å². The van der Waals surface area contributed by atoms with Gasteiger partial charge in [0.25, 0.3) is 0 Å². The summed E-state index contributed by atoms with van der Waals surface area (Å²) in [6, 6.07) is 0. The van der Waals surface area contributed by atoms with Crippen molar-refractivity contribution in [3.8, 4) is 0 Å². The third-order valence-corrected chi connectivity index (χ3v) is 3.43. The highest BCUT2D eigenvalue weighted by Gasteiger charge is 2.09. The van der Waals surface area contributed by atoms with E-state index in [0.29, 0.717) is 5.78 Å². The zero-order chi connectivity index (χ0) is 11.1. The highest BCUT2D eigenvalue weighted by atomic mass is 16.1. The average molecular weight is 208 g/mol. The zero-order valence-corrected chi connectivity index (χ0v) is 10.2. The molecule has 0 heterocycles. The largest absolute Gasteiger partial charge is 0.295 e. The first-order valence-corrected chi connectivity index (χ1v) is 6.44. The van der Waals surface area contributed by atoms with Gasteiger partial charge in [-0.15, -0.1) is 0 Å². The van der Waals surface area contributed by atoms with E-state index in [0.717, 1.165) is 31.6 Å². The van der Waals surface area contributed by atoms with E-state index < -0.39 is 0 Å². The van der Waals surface area contributed by atoms with Crippen molar-refractivity contribution < 1.29 is 4.79 Å². The second kappa shape index (κ2) is 6.81. The minimum atomic E-state index is 0.346. The summed E-state index contributed by atoms with van der Waals surface area (Å²) in [5.41, 5.74) is 1.40. The normalized spacial score (nSPS) is 18.8. The highest BCUT2D eigenvalue weighted by molar-refractivity contribution is 5.91. The number of carbonyl (C=O) groups excluding carboxylic acids is 1. The van der Waals surface area contributed by atoms with Gasteiger partial charge in [-0.25, -0.2) is 0 Å². The summed E-state index contributed by atoms with van der Waals surface area (Å²) >= 11 is 0. The fraction of sp³-hybridized carbons (Fsp3) is 0.786. The summed E-state index contributed by atoms with van der Waals surface area (Å²) < 4.78 is 0. The van der Waals surface area contributed by atoms with Crippen LogP contribution < -0.4 is 0 Å². The molecular formula is C14H24O. The van der Waals surface area contributed by atoms with E-state index in [-0.39, 0.29) is 0 Å². The summed E-state index contributed by atoms with van der Waals surface area (Å²) in [5, 5.41) is 0. The molecule has 0 bridgehead atoms. The maximum absolute atomic E-state index is 11.2. The van der Waals surface area contributed by atoms with E-state index in [1.54, 1.807) is 0 Å². The lowest BCUT2D eigenvalue weighted by Gasteiger charge is -2.12. The van der Waals surface area contributed by atoms with Gasteiger partial charge in [0.15, 0.2) is 5.78 Å². The average Bonchev–Trinajstić information content (AvgIpc) is 2.24. The van der Waals surface area contributed by atoms with Crippen LogP contribution in [0.3, 0.4) is 0 Å². The van der Waals surface area contributed by atoms with Gasteiger partial charge in [-0.2, -0.15) is 0 Å². The number of unbranched alkanes of at least 4 members (excludes halogenated alkanes) is 1. The standard InChI is InChI=1S/C14H24O/c1-3-12(2)7-4-5-8-13-9-6-10-14(15)11-13/h11-12H,3-10H2,1-2H3. The molecule has 1 unspecified atom stereocenters. The summed E-state index contributed by atoms with van der Waals surface area (Å²) in [5.74, 6) is 1.21.